The molecule has 3 rings (SSSR count). The van der Waals surface area contributed by atoms with Crippen molar-refractivity contribution in [1.82, 2.24) is 16.0 Å². The first-order chi connectivity index (χ1) is 16.8. The average Bonchev–Trinajstić information content (AvgIpc) is 2.87. The monoisotopic (exact) mass is 482 g/mol. The van der Waals surface area contributed by atoms with Gasteiger partial charge in [-0.1, -0.05) is 68.7 Å². The molecule has 1 aromatic carbocycles. The third-order valence-corrected chi connectivity index (χ3v) is 7.13. The molecule has 2 aliphatic rings. The first-order valence-corrected chi connectivity index (χ1v) is 12.8. The van der Waals surface area contributed by atoms with Crippen LogP contribution in [0.4, 0.5) is 0 Å². The number of benzene rings is 1. The summed E-state index contributed by atoms with van der Waals surface area (Å²) in [6.45, 7) is 1.83. The predicted octanol–water partition coefficient (Wildman–Crippen LogP) is 2.27. The van der Waals surface area contributed by atoms with Crippen molar-refractivity contribution in [3.8, 4) is 0 Å². The molecular formula is C27H38N4O4. The number of carbonyl (C=O) groups is 4. The summed E-state index contributed by atoms with van der Waals surface area (Å²) >= 11 is 0. The van der Waals surface area contributed by atoms with E-state index >= 15 is 0 Å². The van der Waals surface area contributed by atoms with E-state index in [1.54, 1.807) is 0 Å². The van der Waals surface area contributed by atoms with Crippen LogP contribution >= 0.6 is 0 Å². The number of primary amides is 1. The molecule has 190 valence electrons. The topological polar surface area (TPSA) is 130 Å². The zero-order chi connectivity index (χ0) is 25.3. The Balaban J connectivity index is 1.64. The van der Waals surface area contributed by atoms with E-state index in [1.165, 1.54) is 0 Å². The minimum absolute atomic E-state index is 0.199. The summed E-state index contributed by atoms with van der Waals surface area (Å²) in [5, 5.41) is 8.79. The van der Waals surface area contributed by atoms with Crippen molar-refractivity contribution in [1.29, 1.82) is 0 Å². The molecule has 2 aliphatic carbocycles. The molecule has 3 atom stereocenters. The van der Waals surface area contributed by atoms with E-state index in [0.29, 0.717) is 32.1 Å². The van der Waals surface area contributed by atoms with Gasteiger partial charge in [-0.3, -0.25) is 19.2 Å². The highest BCUT2D eigenvalue weighted by Crippen LogP contribution is 2.30. The van der Waals surface area contributed by atoms with Crippen molar-refractivity contribution >= 4 is 23.6 Å². The lowest BCUT2D eigenvalue weighted by Crippen LogP contribution is -2.64. The van der Waals surface area contributed by atoms with Crippen LogP contribution in [-0.2, 0) is 25.6 Å². The fourth-order valence-corrected chi connectivity index (χ4v) is 5.00. The minimum atomic E-state index is -1.06. The lowest BCUT2D eigenvalue weighted by Gasteiger charge is -2.39. The Morgan fingerprint density at radius 3 is 2.46 bits per heavy atom. The third-order valence-electron chi connectivity index (χ3n) is 7.13. The van der Waals surface area contributed by atoms with Crippen molar-refractivity contribution in [3.05, 3.63) is 48.0 Å². The molecule has 8 heteroatoms. The van der Waals surface area contributed by atoms with Crippen molar-refractivity contribution in [3.63, 3.8) is 0 Å². The fraction of sp³-hybridized carbons (Fsp3) is 0.556. The van der Waals surface area contributed by atoms with Gasteiger partial charge in [-0.2, -0.15) is 0 Å². The summed E-state index contributed by atoms with van der Waals surface area (Å²) < 4.78 is 0. The van der Waals surface area contributed by atoms with E-state index in [1.807, 2.05) is 49.4 Å². The maximum absolute atomic E-state index is 13.5. The fourth-order valence-electron chi connectivity index (χ4n) is 5.00. The van der Waals surface area contributed by atoms with Crippen LogP contribution in [0.1, 0.15) is 70.3 Å². The molecule has 0 aromatic heterocycles. The highest BCUT2D eigenvalue weighted by Gasteiger charge is 2.43. The van der Waals surface area contributed by atoms with Gasteiger partial charge in [0.1, 0.15) is 11.6 Å². The molecular weight excluding hydrogens is 444 g/mol. The summed E-state index contributed by atoms with van der Waals surface area (Å²) in [6, 6.07) is 8.51. The standard InChI is InChI=1S/C27H38N4O4/c1-2-21(29-23(32)16-15-19-11-5-3-6-12-19)25(34)31-27(17-9-4-10-18-27)26(35)30-22-14-8-7-13-20(22)24(28)33/h3,5-6,8,11-12,14,20-22H,2,4,7,9-10,13,15-18H2,1H3,(H2,28,33)(H,29,32)(H,30,35)(H,31,34)/t20-,21-,22?/m0/s1. The van der Waals surface area contributed by atoms with Crippen molar-refractivity contribution < 1.29 is 19.2 Å². The van der Waals surface area contributed by atoms with Gasteiger partial charge < -0.3 is 21.7 Å². The zero-order valence-electron chi connectivity index (χ0n) is 20.6. The maximum Gasteiger partial charge on any atom is 0.246 e. The second-order valence-corrected chi connectivity index (χ2v) is 9.66. The minimum Gasteiger partial charge on any atom is -0.369 e. The molecule has 0 heterocycles. The smallest absolute Gasteiger partial charge is 0.246 e. The number of rotatable bonds is 10. The van der Waals surface area contributed by atoms with Gasteiger partial charge in [0.2, 0.25) is 23.6 Å². The molecule has 1 aromatic rings. The molecule has 0 spiro atoms. The third kappa shape index (κ3) is 7.16. The van der Waals surface area contributed by atoms with Crippen LogP contribution in [-0.4, -0.2) is 41.3 Å². The van der Waals surface area contributed by atoms with Gasteiger partial charge in [0.05, 0.1) is 12.0 Å². The van der Waals surface area contributed by atoms with E-state index in [4.69, 9.17) is 5.73 Å². The molecule has 8 nitrogen and oxygen atoms in total. The molecule has 1 saturated carbocycles. The van der Waals surface area contributed by atoms with Crippen LogP contribution in [0.3, 0.4) is 0 Å². The molecule has 35 heavy (non-hydrogen) atoms. The maximum atomic E-state index is 13.5. The van der Waals surface area contributed by atoms with Gasteiger partial charge >= 0.3 is 0 Å². The van der Waals surface area contributed by atoms with Crippen LogP contribution < -0.4 is 21.7 Å². The van der Waals surface area contributed by atoms with Gasteiger partial charge in [0, 0.05) is 6.42 Å². The first kappa shape index (κ1) is 26.4. The van der Waals surface area contributed by atoms with E-state index in [2.05, 4.69) is 16.0 Å². The highest BCUT2D eigenvalue weighted by molar-refractivity contribution is 5.95. The van der Waals surface area contributed by atoms with Crippen LogP contribution in [0, 0.1) is 5.92 Å². The van der Waals surface area contributed by atoms with Gasteiger partial charge in [-0.15, -0.1) is 0 Å². The molecule has 1 fully saturated rings. The normalized spacial score (nSPS) is 22.0. The van der Waals surface area contributed by atoms with Gasteiger partial charge in [-0.05, 0) is 44.1 Å². The summed E-state index contributed by atoms with van der Waals surface area (Å²) in [5.74, 6) is -1.75. The van der Waals surface area contributed by atoms with Crippen molar-refractivity contribution in [2.24, 2.45) is 11.7 Å². The van der Waals surface area contributed by atoms with E-state index in [9.17, 15) is 19.2 Å². The predicted molar refractivity (Wildman–Crippen MR) is 134 cm³/mol. The molecule has 0 bridgehead atoms. The lowest BCUT2D eigenvalue weighted by molar-refractivity contribution is -0.137. The Hall–Kier alpha value is -3.16. The number of hydrogen-bond donors (Lipinski definition) is 4. The Kier molecular flexibility index (Phi) is 9.46. The molecule has 0 aliphatic heterocycles. The summed E-state index contributed by atoms with van der Waals surface area (Å²) in [6.07, 6.45) is 10.0. The second kappa shape index (κ2) is 12.5. The Labute approximate surface area is 207 Å². The Morgan fingerprint density at radius 2 is 1.80 bits per heavy atom. The van der Waals surface area contributed by atoms with E-state index in [0.717, 1.165) is 31.2 Å². The Bertz CT molecular complexity index is 924. The zero-order valence-corrected chi connectivity index (χ0v) is 20.6. The Morgan fingerprint density at radius 1 is 1.09 bits per heavy atom. The number of carbonyl (C=O) groups excluding carboxylic acids is 4. The summed E-state index contributed by atoms with van der Waals surface area (Å²) in [5.41, 5.74) is 5.55. The van der Waals surface area contributed by atoms with Crippen molar-refractivity contribution in [2.75, 3.05) is 0 Å². The van der Waals surface area contributed by atoms with E-state index in [-0.39, 0.29) is 24.1 Å². The quantitative estimate of drug-likeness (QED) is 0.381. The summed E-state index contributed by atoms with van der Waals surface area (Å²) in [7, 11) is 0. The van der Waals surface area contributed by atoms with E-state index < -0.39 is 29.4 Å². The van der Waals surface area contributed by atoms with Crippen molar-refractivity contribution in [2.45, 2.75) is 88.8 Å². The average molecular weight is 483 g/mol. The van der Waals surface area contributed by atoms with Crippen LogP contribution in [0.5, 0.6) is 0 Å². The number of nitrogens with two attached hydrogens (primary N) is 1. The highest BCUT2D eigenvalue weighted by atomic mass is 16.2. The largest absolute Gasteiger partial charge is 0.369 e. The van der Waals surface area contributed by atoms with Crippen LogP contribution in [0.25, 0.3) is 0 Å². The molecule has 0 saturated heterocycles. The number of nitrogens with one attached hydrogen (secondary N) is 3. The van der Waals surface area contributed by atoms with Gasteiger partial charge in [0.25, 0.3) is 0 Å². The molecule has 0 radical (unpaired) electrons. The SMILES string of the molecule is CC[C@H](NC(=O)CCc1ccccc1)C(=O)NC1(C(=O)NC2C=CCC[C@@H]2C(N)=O)CCCCC1. The number of hydrogen-bond acceptors (Lipinski definition) is 4. The first-order valence-electron chi connectivity index (χ1n) is 12.8. The van der Waals surface area contributed by atoms with Gasteiger partial charge in [0.15, 0.2) is 0 Å². The van der Waals surface area contributed by atoms with Gasteiger partial charge in [-0.25, -0.2) is 0 Å². The molecule has 4 amide bonds. The number of amides is 4. The molecule has 1 unspecified atom stereocenters. The lowest BCUT2D eigenvalue weighted by atomic mass is 9.79. The number of allylic oxidation sites excluding steroid dienone is 1. The number of aryl methyl sites for hydroxylation is 1. The van der Waals surface area contributed by atoms with Crippen LogP contribution in [0.2, 0.25) is 0 Å². The summed E-state index contributed by atoms with van der Waals surface area (Å²) in [4.78, 5) is 51.1. The molecule has 5 N–H and O–H groups in total. The second-order valence-electron chi connectivity index (χ2n) is 9.66. The van der Waals surface area contributed by atoms with Crippen LogP contribution in [0.15, 0.2) is 42.5 Å².